The van der Waals surface area contributed by atoms with E-state index in [9.17, 15) is 34.0 Å². The predicted octanol–water partition coefficient (Wildman–Crippen LogP) is 10.2. The standard InChI is InChI=1S/C30H33NO5S2.C27H39O9P/c1-27(2)35-23-14-19-18-10-9-16-13-17(32)11-12-28(16,3)24(18)21(33)15-29(19,4)30(23,36-27)25(34)38-26-31-20-7-5-6-8-22(20)37-26;1-7-32-37(31,33-8-2)35-23(30)27-21(34-24(3,4)36-27)14-19-18-10-9-16-13-17(28)11-12-25(16,5)22(18)20(29)15-26(19,27)6/h5-8,11-13,18-19,21,23-24,33H,9-10,14-15H2,1-4H3;11-13,18-22,29H,7-10,14-15H2,1-6H3/t18?,19?,21-,23+,24?,28?,29?,30-;18?,19?,20-,21+,22?,25?,26?,27-/m00/s1. The molecule has 0 bridgehead atoms. The summed E-state index contributed by atoms with van der Waals surface area (Å²) < 4.78 is 57.0. The second kappa shape index (κ2) is 18.2. The number of rotatable bonds is 8. The summed E-state index contributed by atoms with van der Waals surface area (Å²) >= 11 is 2.68. The Kier molecular flexibility index (Phi) is 13.0. The number of hydrogen-bond acceptors (Lipinski definition) is 17. The van der Waals surface area contributed by atoms with E-state index in [2.05, 4.69) is 20.8 Å². The molecule has 3 heterocycles. The number of hydrogen-bond donors (Lipinski definition) is 2. The molecule has 12 rings (SSSR count). The number of para-hydroxylation sites is 1. The van der Waals surface area contributed by atoms with Crippen LogP contribution in [0.25, 0.3) is 10.2 Å². The topological polar surface area (TPSA) is 203 Å². The molecule has 1 aromatic heterocycles. The Morgan fingerprint density at radius 1 is 0.747 bits per heavy atom. The summed E-state index contributed by atoms with van der Waals surface area (Å²) in [4.78, 5) is 57.4. The highest BCUT2D eigenvalue weighted by atomic mass is 32.2. The van der Waals surface area contributed by atoms with Crippen LogP contribution in [0.4, 0.5) is 0 Å². The molecular formula is C57H72NO14PS2. The Balaban J connectivity index is 0.000000161. The van der Waals surface area contributed by atoms with Gasteiger partial charge in [-0.3, -0.25) is 23.4 Å². The molecule has 0 amide bonds. The van der Waals surface area contributed by atoms with Gasteiger partial charge in [0.15, 0.2) is 33.1 Å². The zero-order chi connectivity index (χ0) is 53.7. The van der Waals surface area contributed by atoms with Crippen LogP contribution in [0.2, 0.25) is 0 Å². The number of phosphoric acid groups is 1. The number of nitrogens with zero attached hydrogens (tertiary/aromatic N) is 1. The van der Waals surface area contributed by atoms with Gasteiger partial charge in [0.2, 0.25) is 10.7 Å². The summed E-state index contributed by atoms with van der Waals surface area (Å²) in [5, 5.41) is 23.5. The Morgan fingerprint density at radius 2 is 1.23 bits per heavy atom. The van der Waals surface area contributed by atoms with Gasteiger partial charge in [0.25, 0.3) is 0 Å². The maximum atomic E-state index is 14.4. The molecule has 10 aliphatic rings. The first-order valence-corrected chi connectivity index (χ1v) is 30.0. The quantitative estimate of drug-likeness (QED) is 0.186. The number of allylic oxidation sites excluding steroid dienone is 8. The largest absolute Gasteiger partial charge is 0.532 e. The third-order valence-corrected chi connectivity index (χ3v) is 23.4. The van der Waals surface area contributed by atoms with Crippen molar-refractivity contribution in [3.05, 3.63) is 71.9 Å². The first-order chi connectivity index (χ1) is 35.2. The Hall–Kier alpha value is -3.19. The van der Waals surface area contributed by atoms with Gasteiger partial charge in [-0.1, -0.05) is 63.1 Å². The van der Waals surface area contributed by atoms with Gasteiger partial charge in [0.1, 0.15) is 6.10 Å². The zero-order valence-corrected chi connectivity index (χ0v) is 47.1. The van der Waals surface area contributed by atoms with E-state index in [1.807, 2.05) is 57.2 Å². The molecule has 8 aliphatic carbocycles. The molecule has 2 aromatic rings. The molecule has 16 atom stereocenters. The summed E-state index contributed by atoms with van der Waals surface area (Å²) in [5.41, 5.74) is -1.96. The average Bonchev–Trinajstić information content (AvgIpc) is 4.21. The number of benzene rings is 1. The van der Waals surface area contributed by atoms with E-state index in [1.54, 1.807) is 52.0 Å². The highest BCUT2D eigenvalue weighted by Crippen LogP contribution is 2.73. The van der Waals surface area contributed by atoms with Gasteiger partial charge in [0.05, 0.1) is 41.7 Å². The summed E-state index contributed by atoms with van der Waals surface area (Å²) in [6, 6.07) is 7.91. The molecule has 10 unspecified atom stereocenters. The van der Waals surface area contributed by atoms with Gasteiger partial charge in [-0.25, -0.2) is 14.3 Å². The van der Waals surface area contributed by atoms with Crippen molar-refractivity contribution in [1.29, 1.82) is 0 Å². The Labute approximate surface area is 447 Å². The first-order valence-electron chi connectivity index (χ1n) is 26.9. The van der Waals surface area contributed by atoms with Gasteiger partial charge >= 0.3 is 13.8 Å². The molecule has 6 saturated carbocycles. The number of carbonyl (C=O) groups excluding carboxylic acids is 4. The minimum Gasteiger partial charge on any atom is -0.393 e. The van der Waals surface area contributed by atoms with E-state index < -0.39 is 71.1 Å². The fraction of sp³-hybridized carbons (Fsp3) is 0.667. The second-order valence-electron chi connectivity index (χ2n) is 24.6. The number of aliphatic hydroxyl groups is 2. The highest BCUT2D eigenvalue weighted by Gasteiger charge is 2.80. The molecule has 75 heavy (non-hydrogen) atoms. The number of phosphoric ester groups is 1. The zero-order valence-electron chi connectivity index (χ0n) is 44.6. The van der Waals surface area contributed by atoms with Crippen LogP contribution in [0.5, 0.6) is 0 Å². The molecule has 0 spiro atoms. The van der Waals surface area contributed by atoms with Gasteiger partial charge in [0, 0.05) is 33.5 Å². The number of thiazole rings is 1. The molecule has 406 valence electrons. The number of ketones is 2. The van der Waals surface area contributed by atoms with Crippen LogP contribution in [-0.4, -0.2) is 98.3 Å². The van der Waals surface area contributed by atoms with Crippen LogP contribution < -0.4 is 0 Å². The maximum absolute atomic E-state index is 14.4. The number of ether oxygens (including phenoxy) is 4. The number of aliphatic hydroxyl groups excluding tert-OH is 2. The van der Waals surface area contributed by atoms with Crippen LogP contribution in [-0.2, 0) is 56.3 Å². The van der Waals surface area contributed by atoms with Crippen molar-refractivity contribution in [1.82, 2.24) is 4.98 Å². The lowest BCUT2D eigenvalue weighted by atomic mass is 9.46. The van der Waals surface area contributed by atoms with Crippen molar-refractivity contribution in [2.24, 2.45) is 57.2 Å². The summed E-state index contributed by atoms with van der Waals surface area (Å²) in [5.74, 6) is -2.56. The normalized spacial score (nSPS) is 43.4. The third-order valence-electron chi connectivity index (χ3n) is 19.8. The fourth-order valence-electron chi connectivity index (χ4n) is 17.2. The summed E-state index contributed by atoms with van der Waals surface area (Å²) in [6.07, 6.45) is 13.5. The lowest BCUT2D eigenvalue weighted by Crippen LogP contribution is -2.63. The second-order valence-corrected chi connectivity index (χ2v) is 28.4. The van der Waals surface area contributed by atoms with Crippen molar-refractivity contribution in [2.75, 3.05) is 13.2 Å². The van der Waals surface area contributed by atoms with Crippen molar-refractivity contribution in [3.8, 4) is 0 Å². The molecule has 1 aromatic carbocycles. The van der Waals surface area contributed by atoms with Crippen molar-refractivity contribution < 1.29 is 66.5 Å². The minimum absolute atomic E-state index is 0.0131. The molecule has 8 fully saturated rings. The lowest BCUT2D eigenvalue weighted by molar-refractivity contribution is -0.232. The van der Waals surface area contributed by atoms with Gasteiger partial charge in [-0.15, -0.1) is 11.3 Å². The summed E-state index contributed by atoms with van der Waals surface area (Å²) in [6.45, 7) is 19.0. The highest BCUT2D eigenvalue weighted by molar-refractivity contribution is 8.15. The predicted molar refractivity (Wildman–Crippen MR) is 280 cm³/mol. The van der Waals surface area contributed by atoms with E-state index in [1.165, 1.54) is 11.3 Å². The number of aromatic nitrogens is 1. The van der Waals surface area contributed by atoms with E-state index >= 15 is 0 Å². The molecule has 2 N–H and O–H groups in total. The average molecular weight is 1090 g/mol. The smallest absolute Gasteiger partial charge is 0.393 e. The van der Waals surface area contributed by atoms with Crippen LogP contribution in [0.15, 0.2) is 76.2 Å². The van der Waals surface area contributed by atoms with E-state index in [4.69, 9.17) is 37.5 Å². The van der Waals surface area contributed by atoms with E-state index in [-0.39, 0.29) is 83.3 Å². The Bertz CT molecular complexity index is 2870. The summed E-state index contributed by atoms with van der Waals surface area (Å²) in [7, 11) is -4.18. The molecule has 15 nitrogen and oxygen atoms in total. The third kappa shape index (κ3) is 7.99. The fourth-order valence-corrected chi connectivity index (χ4v) is 20.5. The number of fused-ring (bicyclic) bond motifs is 15. The first kappa shape index (κ1) is 53.8. The lowest BCUT2D eigenvalue weighted by Gasteiger charge is -2.59. The number of carbonyl (C=O) groups is 4. The van der Waals surface area contributed by atoms with Crippen molar-refractivity contribution in [3.63, 3.8) is 0 Å². The monoisotopic (exact) mass is 1090 g/mol. The van der Waals surface area contributed by atoms with Crippen molar-refractivity contribution >= 4 is 63.8 Å². The maximum Gasteiger partial charge on any atom is 0.532 e. The van der Waals surface area contributed by atoms with Crippen molar-refractivity contribution in [2.45, 2.75) is 172 Å². The molecule has 0 radical (unpaired) electrons. The van der Waals surface area contributed by atoms with Gasteiger partial charge < -0.3 is 33.7 Å². The van der Waals surface area contributed by atoms with Gasteiger partial charge in [-0.2, -0.15) is 0 Å². The molecule has 2 aliphatic heterocycles. The molecule has 18 heteroatoms. The minimum atomic E-state index is -4.18. The molecular weight excluding hydrogens is 1020 g/mol. The number of thioether (sulfide) groups is 1. The van der Waals surface area contributed by atoms with Crippen LogP contribution in [0, 0.1) is 57.2 Å². The van der Waals surface area contributed by atoms with Gasteiger partial charge in [-0.05, 0) is 165 Å². The van der Waals surface area contributed by atoms with E-state index in [0.717, 1.165) is 65.2 Å². The van der Waals surface area contributed by atoms with E-state index in [0.29, 0.717) is 17.2 Å². The Morgan fingerprint density at radius 3 is 1.73 bits per heavy atom. The SMILES string of the molecule is CC1(C)O[C@@H]2CC3C4CCC5=CC(=O)C=CC5(C)C4[C@@H](O)CC3(C)[C@]2(C(=O)Sc2nc3ccccc3s2)O1.CCOP(=O)(OCC)OC(=O)[C@@]12OC(C)(C)O[C@@H]1CC1C3CCC4=CC(=O)C=CC4(C)C3[C@@H](O)CC12C. The van der Waals surface area contributed by atoms with Crippen LogP contribution in [0.1, 0.15) is 121 Å². The van der Waals surface area contributed by atoms with Crippen LogP contribution >= 0.6 is 30.9 Å². The van der Waals surface area contributed by atoms with Crippen LogP contribution in [0.3, 0.4) is 0 Å². The molecule has 2 saturated heterocycles.